The van der Waals surface area contributed by atoms with E-state index >= 15 is 0 Å². The average Bonchev–Trinajstić information content (AvgIpc) is 2.64. The molecule has 28 heavy (non-hydrogen) atoms. The standard InChI is InChI=1S/C21H26N4O3/c1-4-22-21(28)24-20(27)19(16-8-6-5-7-9-16)25(3)14-18(26)23-17-12-10-15(2)11-13-17/h5-13,19H,4,14H2,1-3H3,(H,23,26)(H2,22,24,27,28)/p+1/t19-/m1/s1. The third-order valence-corrected chi connectivity index (χ3v) is 4.24. The van der Waals surface area contributed by atoms with Crippen molar-refractivity contribution in [1.29, 1.82) is 0 Å². The third kappa shape index (κ3) is 6.21. The molecule has 2 aromatic rings. The summed E-state index contributed by atoms with van der Waals surface area (Å²) in [4.78, 5) is 37.6. The van der Waals surface area contributed by atoms with E-state index in [4.69, 9.17) is 0 Å². The van der Waals surface area contributed by atoms with Crippen LogP contribution in [0, 0.1) is 6.92 Å². The minimum Gasteiger partial charge on any atom is -0.338 e. The maximum absolute atomic E-state index is 12.7. The summed E-state index contributed by atoms with van der Waals surface area (Å²) in [6.07, 6.45) is 0. The van der Waals surface area contributed by atoms with E-state index in [1.54, 1.807) is 14.0 Å². The summed E-state index contributed by atoms with van der Waals surface area (Å²) in [7, 11) is 1.75. The van der Waals surface area contributed by atoms with Crippen LogP contribution in [0.4, 0.5) is 10.5 Å². The zero-order chi connectivity index (χ0) is 20.5. The summed E-state index contributed by atoms with van der Waals surface area (Å²) in [6, 6.07) is 15.4. The highest BCUT2D eigenvalue weighted by atomic mass is 16.2. The highest BCUT2D eigenvalue weighted by molar-refractivity contribution is 5.97. The number of aryl methyl sites for hydroxylation is 1. The number of imide groups is 1. The van der Waals surface area contributed by atoms with Crippen molar-refractivity contribution in [3.8, 4) is 0 Å². The lowest BCUT2D eigenvalue weighted by molar-refractivity contribution is -0.894. The molecule has 0 aliphatic heterocycles. The quantitative estimate of drug-likeness (QED) is 0.576. The molecule has 0 heterocycles. The number of nitrogens with one attached hydrogen (secondary N) is 4. The average molecular weight is 383 g/mol. The van der Waals surface area contributed by atoms with E-state index in [0.29, 0.717) is 17.1 Å². The third-order valence-electron chi connectivity index (χ3n) is 4.24. The first-order valence-corrected chi connectivity index (χ1v) is 9.23. The molecule has 2 aromatic carbocycles. The Morgan fingerprint density at radius 3 is 2.25 bits per heavy atom. The molecule has 0 saturated carbocycles. The Hall–Kier alpha value is -3.19. The van der Waals surface area contributed by atoms with Gasteiger partial charge in [0.15, 0.2) is 12.6 Å². The van der Waals surface area contributed by atoms with E-state index in [-0.39, 0.29) is 12.5 Å². The Kier molecular flexibility index (Phi) is 7.71. The predicted octanol–water partition coefficient (Wildman–Crippen LogP) is 1.04. The molecular formula is C21H27N4O3+. The van der Waals surface area contributed by atoms with Crippen molar-refractivity contribution in [2.24, 2.45) is 0 Å². The van der Waals surface area contributed by atoms with Gasteiger partial charge in [-0.15, -0.1) is 0 Å². The van der Waals surface area contributed by atoms with Crippen LogP contribution in [0.25, 0.3) is 0 Å². The van der Waals surface area contributed by atoms with Crippen LogP contribution in [0.2, 0.25) is 0 Å². The van der Waals surface area contributed by atoms with Crippen LogP contribution in [0.3, 0.4) is 0 Å². The van der Waals surface area contributed by atoms with E-state index < -0.39 is 18.0 Å². The van der Waals surface area contributed by atoms with E-state index in [9.17, 15) is 14.4 Å². The molecule has 2 rings (SSSR count). The van der Waals surface area contributed by atoms with Gasteiger partial charge < -0.3 is 15.5 Å². The first kappa shape index (κ1) is 21.1. The molecule has 0 aliphatic carbocycles. The lowest BCUT2D eigenvalue weighted by atomic mass is 10.0. The Morgan fingerprint density at radius 2 is 1.64 bits per heavy atom. The van der Waals surface area contributed by atoms with Gasteiger partial charge in [0.25, 0.3) is 11.8 Å². The summed E-state index contributed by atoms with van der Waals surface area (Å²) < 4.78 is 0. The smallest absolute Gasteiger partial charge is 0.321 e. The number of anilines is 1. The number of quaternary nitrogens is 1. The second-order valence-corrected chi connectivity index (χ2v) is 6.63. The highest BCUT2D eigenvalue weighted by Gasteiger charge is 2.31. The summed E-state index contributed by atoms with van der Waals surface area (Å²) in [5, 5.41) is 7.72. The second kappa shape index (κ2) is 10.2. The van der Waals surface area contributed by atoms with Crippen LogP contribution in [-0.4, -0.2) is 38.0 Å². The SMILES string of the molecule is CCNC(=O)NC(=O)[C@@H](c1ccccc1)[NH+](C)CC(=O)Nc1ccc(C)cc1. The number of likely N-dealkylation sites (N-methyl/N-ethyl adjacent to an activating group) is 1. The molecule has 0 radical (unpaired) electrons. The first-order chi connectivity index (χ1) is 13.4. The number of urea groups is 1. The van der Waals surface area contributed by atoms with E-state index in [2.05, 4.69) is 16.0 Å². The molecule has 7 nitrogen and oxygen atoms in total. The van der Waals surface area contributed by atoms with Gasteiger partial charge in [-0.05, 0) is 26.0 Å². The maximum Gasteiger partial charge on any atom is 0.321 e. The summed E-state index contributed by atoms with van der Waals surface area (Å²) in [6.45, 7) is 4.22. The summed E-state index contributed by atoms with van der Waals surface area (Å²) >= 11 is 0. The van der Waals surface area contributed by atoms with Gasteiger partial charge in [0, 0.05) is 17.8 Å². The monoisotopic (exact) mass is 383 g/mol. The van der Waals surface area contributed by atoms with E-state index in [1.807, 2.05) is 61.5 Å². The molecule has 0 spiro atoms. The van der Waals surface area contributed by atoms with Gasteiger partial charge in [0.1, 0.15) is 0 Å². The fourth-order valence-electron chi connectivity index (χ4n) is 2.89. The Bertz CT molecular complexity index is 806. The van der Waals surface area contributed by atoms with Crippen LogP contribution in [-0.2, 0) is 9.59 Å². The first-order valence-electron chi connectivity index (χ1n) is 9.23. The van der Waals surface area contributed by atoms with Crippen molar-refractivity contribution < 1.29 is 19.3 Å². The molecule has 0 aliphatic rings. The number of rotatable bonds is 7. The minimum absolute atomic E-state index is 0.0657. The number of hydrogen-bond donors (Lipinski definition) is 4. The number of carbonyl (C=O) groups excluding carboxylic acids is 3. The normalized spacial score (nSPS) is 12.5. The minimum atomic E-state index is -0.701. The van der Waals surface area contributed by atoms with Crippen LogP contribution < -0.4 is 20.9 Å². The maximum atomic E-state index is 12.7. The van der Waals surface area contributed by atoms with Crippen molar-refractivity contribution in [3.63, 3.8) is 0 Å². The van der Waals surface area contributed by atoms with Crippen molar-refractivity contribution in [3.05, 3.63) is 65.7 Å². The van der Waals surface area contributed by atoms with Crippen LogP contribution in [0.1, 0.15) is 24.1 Å². The van der Waals surface area contributed by atoms with Crippen molar-refractivity contribution in [1.82, 2.24) is 10.6 Å². The largest absolute Gasteiger partial charge is 0.338 e. The fraction of sp³-hybridized carbons (Fsp3) is 0.286. The number of carbonyl (C=O) groups is 3. The Balaban J connectivity index is 2.10. The van der Waals surface area contributed by atoms with Crippen molar-refractivity contribution in [2.45, 2.75) is 19.9 Å². The molecule has 0 bridgehead atoms. The zero-order valence-corrected chi connectivity index (χ0v) is 16.4. The Morgan fingerprint density at radius 1 is 1.00 bits per heavy atom. The predicted molar refractivity (Wildman–Crippen MR) is 108 cm³/mol. The molecule has 0 aromatic heterocycles. The fourth-order valence-corrected chi connectivity index (χ4v) is 2.89. The van der Waals surface area contributed by atoms with Crippen LogP contribution >= 0.6 is 0 Å². The molecule has 0 saturated heterocycles. The van der Waals surface area contributed by atoms with Gasteiger partial charge in [-0.3, -0.25) is 14.9 Å². The van der Waals surface area contributed by atoms with Gasteiger partial charge in [0.05, 0.1) is 7.05 Å². The second-order valence-electron chi connectivity index (χ2n) is 6.63. The van der Waals surface area contributed by atoms with Crippen LogP contribution in [0.5, 0.6) is 0 Å². The molecule has 148 valence electrons. The van der Waals surface area contributed by atoms with Gasteiger partial charge in [-0.25, -0.2) is 4.79 Å². The zero-order valence-electron chi connectivity index (χ0n) is 16.4. The molecule has 7 heteroatoms. The van der Waals surface area contributed by atoms with Crippen LogP contribution in [0.15, 0.2) is 54.6 Å². The highest BCUT2D eigenvalue weighted by Crippen LogP contribution is 2.10. The lowest BCUT2D eigenvalue weighted by Crippen LogP contribution is -3.11. The number of amides is 4. The Labute approximate surface area is 165 Å². The molecule has 2 atom stereocenters. The van der Waals surface area contributed by atoms with E-state index in [0.717, 1.165) is 11.1 Å². The summed E-state index contributed by atoms with van der Waals surface area (Å²) in [5.41, 5.74) is 2.53. The van der Waals surface area contributed by atoms with Gasteiger partial charge in [0.2, 0.25) is 0 Å². The number of benzene rings is 2. The molecular weight excluding hydrogens is 356 g/mol. The van der Waals surface area contributed by atoms with Crippen molar-refractivity contribution >= 4 is 23.5 Å². The van der Waals surface area contributed by atoms with Gasteiger partial charge in [-0.1, -0.05) is 48.0 Å². The molecule has 0 fully saturated rings. The number of hydrogen-bond acceptors (Lipinski definition) is 3. The lowest BCUT2D eigenvalue weighted by Gasteiger charge is -2.24. The molecule has 4 N–H and O–H groups in total. The topological polar surface area (TPSA) is 91.7 Å². The van der Waals surface area contributed by atoms with Crippen molar-refractivity contribution in [2.75, 3.05) is 25.5 Å². The van der Waals surface area contributed by atoms with Gasteiger partial charge >= 0.3 is 6.03 Å². The molecule has 4 amide bonds. The van der Waals surface area contributed by atoms with E-state index in [1.165, 1.54) is 0 Å². The van der Waals surface area contributed by atoms with Gasteiger partial charge in [-0.2, -0.15) is 0 Å². The summed E-state index contributed by atoms with van der Waals surface area (Å²) in [5.74, 6) is -0.675. The molecule has 1 unspecified atom stereocenters.